The average Bonchev–Trinajstić information content (AvgIpc) is 2.55. The summed E-state index contributed by atoms with van der Waals surface area (Å²) in [6.45, 7) is 2.05. The Morgan fingerprint density at radius 1 is 0.773 bits per heavy atom. The van der Waals surface area contributed by atoms with Crippen LogP contribution < -0.4 is 5.32 Å². The zero-order valence-corrected chi connectivity index (χ0v) is 12.2. The molecule has 0 unspecified atom stereocenters. The van der Waals surface area contributed by atoms with Gasteiger partial charge in [0.25, 0.3) is 0 Å². The number of benzene rings is 2. The Balaban J connectivity index is 1.90. The van der Waals surface area contributed by atoms with E-state index in [4.69, 9.17) is 0 Å². The number of aromatic nitrogens is 2. The number of pyridine rings is 2. The number of fused-ring (bicyclic) bond motifs is 3. The van der Waals surface area contributed by atoms with Crippen LogP contribution in [-0.2, 0) is 0 Å². The van der Waals surface area contributed by atoms with Crippen LogP contribution in [-0.4, -0.2) is 9.97 Å². The number of nitrogens with one attached hydrogen (secondary N) is 1. The molecule has 0 aliphatic heterocycles. The lowest BCUT2D eigenvalue weighted by molar-refractivity contribution is 1.25. The van der Waals surface area contributed by atoms with Crippen LogP contribution in [0, 0.1) is 6.92 Å². The fourth-order valence-corrected chi connectivity index (χ4v) is 2.76. The zero-order chi connectivity index (χ0) is 14.9. The SMILES string of the molecule is Cc1ccnc(Nc2nccc3c2ccc2ccccc23)c1. The third-order valence-electron chi connectivity index (χ3n) is 3.83. The van der Waals surface area contributed by atoms with Gasteiger partial charge < -0.3 is 5.32 Å². The van der Waals surface area contributed by atoms with Gasteiger partial charge in [0.2, 0.25) is 0 Å². The monoisotopic (exact) mass is 285 g/mol. The number of hydrogen-bond acceptors (Lipinski definition) is 3. The molecule has 0 aliphatic carbocycles. The average molecular weight is 285 g/mol. The number of rotatable bonds is 2. The fraction of sp³-hybridized carbons (Fsp3) is 0.0526. The highest BCUT2D eigenvalue weighted by atomic mass is 15.0. The Morgan fingerprint density at radius 2 is 1.64 bits per heavy atom. The first-order chi connectivity index (χ1) is 10.8. The fourth-order valence-electron chi connectivity index (χ4n) is 2.76. The molecule has 0 bridgehead atoms. The summed E-state index contributed by atoms with van der Waals surface area (Å²) in [5, 5.41) is 8.10. The maximum absolute atomic E-state index is 4.49. The predicted octanol–water partition coefficient (Wildman–Crippen LogP) is 4.84. The van der Waals surface area contributed by atoms with E-state index in [2.05, 4.69) is 64.7 Å². The minimum absolute atomic E-state index is 0.813. The third-order valence-corrected chi connectivity index (χ3v) is 3.83. The van der Waals surface area contributed by atoms with Gasteiger partial charge in [0.1, 0.15) is 11.6 Å². The van der Waals surface area contributed by atoms with Crippen LogP contribution in [0.1, 0.15) is 5.56 Å². The first-order valence-electron chi connectivity index (χ1n) is 7.27. The molecule has 3 heteroatoms. The van der Waals surface area contributed by atoms with Crippen LogP contribution in [0.5, 0.6) is 0 Å². The topological polar surface area (TPSA) is 37.8 Å². The minimum Gasteiger partial charge on any atom is -0.324 e. The van der Waals surface area contributed by atoms with Gasteiger partial charge in [-0.1, -0.05) is 36.4 Å². The second-order valence-electron chi connectivity index (χ2n) is 5.38. The van der Waals surface area contributed by atoms with E-state index in [1.807, 2.05) is 18.3 Å². The van der Waals surface area contributed by atoms with Crippen molar-refractivity contribution in [3.63, 3.8) is 0 Å². The minimum atomic E-state index is 0.813. The number of anilines is 2. The molecule has 3 nitrogen and oxygen atoms in total. The Labute approximate surface area is 128 Å². The standard InChI is InChI=1S/C19H15N3/c1-13-8-10-20-18(12-13)22-19-17-7-6-14-4-2-3-5-15(14)16(17)9-11-21-19/h2-12H,1H3,(H,20,21,22). The van der Waals surface area contributed by atoms with Crippen LogP contribution in [0.15, 0.2) is 67.0 Å². The van der Waals surface area contributed by atoms with E-state index in [9.17, 15) is 0 Å². The second-order valence-corrected chi connectivity index (χ2v) is 5.38. The second kappa shape index (κ2) is 5.11. The zero-order valence-electron chi connectivity index (χ0n) is 12.2. The van der Waals surface area contributed by atoms with E-state index in [1.54, 1.807) is 6.20 Å². The Hall–Kier alpha value is -2.94. The maximum atomic E-state index is 4.49. The number of aryl methyl sites for hydroxylation is 1. The van der Waals surface area contributed by atoms with Gasteiger partial charge in [-0.3, -0.25) is 0 Å². The van der Waals surface area contributed by atoms with Crippen LogP contribution >= 0.6 is 0 Å². The van der Waals surface area contributed by atoms with E-state index in [1.165, 1.54) is 21.7 Å². The highest BCUT2D eigenvalue weighted by Gasteiger charge is 2.06. The van der Waals surface area contributed by atoms with Crippen molar-refractivity contribution in [1.82, 2.24) is 9.97 Å². The molecule has 106 valence electrons. The molecule has 4 aromatic rings. The van der Waals surface area contributed by atoms with Crippen LogP contribution in [0.2, 0.25) is 0 Å². The molecule has 2 heterocycles. The van der Waals surface area contributed by atoms with Gasteiger partial charge in [-0.25, -0.2) is 9.97 Å². The van der Waals surface area contributed by atoms with E-state index < -0.39 is 0 Å². The number of hydrogen-bond donors (Lipinski definition) is 1. The van der Waals surface area contributed by atoms with Crippen molar-refractivity contribution in [2.75, 3.05) is 5.32 Å². The summed E-state index contributed by atoms with van der Waals surface area (Å²) in [7, 11) is 0. The molecule has 0 amide bonds. The third kappa shape index (κ3) is 2.17. The molecule has 4 rings (SSSR count). The predicted molar refractivity (Wildman–Crippen MR) is 91.5 cm³/mol. The lowest BCUT2D eigenvalue weighted by Crippen LogP contribution is -1.97. The lowest BCUT2D eigenvalue weighted by Gasteiger charge is -2.10. The van der Waals surface area contributed by atoms with Gasteiger partial charge in [0.05, 0.1) is 0 Å². The molecule has 2 aromatic heterocycles. The molecular formula is C19H15N3. The highest BCUT2D eigenvalue weighted by molar-refractivity contribution is 6.10. The number of nitrogens with zero attached hydrogens (tertiary/aromatic N) is 2. The first-order valence-corrected chi connectivity index (χ1v) is 7.27. The van der Waals surface area contributed by atoms with Crippen LogP contribution in [0.25, 0.3) is 21.5 Å². The molecule has 0 spiro atoms. The molecule has 0 fully saturated rings. The van der Waals surface area contributed by atoms with Crippen molar-refractivity contribution in [2.45, 2.75) is 6.92 Å². The summed E-state index contributed by atoms with van der Waals surface area (Å²) in [4.78, 5) is 8.84. The van der Waals surface area contributed by atoms with E-state index >= 15 is 0 Å². The summed E-state index contributed by atoms with van der Waals surface area (Å²) in [5.74, 6) is 1.65. The van der Waals surface area contributed by atoms with Gasteiger partial charge >= 0.3 is 0 Å². The van der Waals surface area contributed by atoms with Gasteiger partial charge in [-0.05, 0) is 46.8 Å². The maximum Gasteiger partial charge on any atom is 0.139 e. The molecule has 22 heavy (non-hydrogen) atoms. The molecule has 0 saturated carbocycles. The largest absolute Gasteiger partial charge is 0.324 e. The highest BCUT2D eigenvalue weighted by Crippen LogP contribution is 2.29. The quantitative estimate of drug-likeness (QED) is 0.536. The van der Waals surface area contributed by atoms with Crippen molar-refractivity contribution >= 4 is 33.2 Å². The van der Waals surface area contributed by atoms with Crippen LogP contribution in [0.4, 0.5) is 11.6 Å². The Bertz CT molecular complexity index is 976. The summed E-state index contributed by atoms with van der Waals surface area (Å²) in [6.07, 6.45) is 3.64. The van der Waals surface area contributed by atoms with Crippen molar-refractivity contribution in [3.05, 3.63) is 72.6 Å². The molecule has 1 N–H and O–H groups in total. The molecule has 0 saturated heterocycles. The smallest absolute Gasteiger partial charge is 0.139 e. The molecule has 0 atom stereocenters. The Morgan fingerprint density at radius 3 is 2.55 bits per heavy atom. The van der Waals surface area contributed by atoms with E-state index in [-0.39, 0.29) is 0 Å². The molecular weight excluding hydrogens is 270 g/mol. The summed E-state index contributed by atoms with van der Waals surface area (Å²) in [6, 6.07) is 18.7. The van der Waals surface area contributed by atoms with E-state index in [0.717, 1.165) is 17.0 Å². The molecule has 2 aromatic carbocycles. The normalized spacial score (nSPS) is 11.0. The molecule has 0 aliphatic rings. The van der Waals surface area contributed by atoms with Gasteiger partial charge in [-0.2, -0.15) is 0 Å². The van der Waals surface area contributed by atoms with Gasteiger partial charge in [0.15, 0.2) is 0 Å². The van der Waals surface area contributed by atoms with Crippen molar-refractivity contribution < 1.29 is 0 Å². The van der Waals surface area contributed by atoms with E-state index in [0.29, 0.717) is 0 Å². The summed E-state index contributed by atoms with van der Waals surface area (Å²) < 4.78 is 0. The summed E-state index contributed by atoms with van der Waals surface area (Å²) in [5.41, 5.74) is 1.17. The lowest BCUT2D eigenvalue weighted by atomic mass is 10.0. The van der Waals surface area contributed by atoms with Crippen molar-refractivity contribution in [3.8, 4) is 0 Å². The summed E-state index contributed by atoms with van der Waals surface area (Å²) >= 11 is 0. The Kier molecular flexibility index (Phi) is 2.97. The van der Waals surface area contributed by atoms with Gasteiger partial charge in [-0.15, -0.1) is 0 Å². The van der Waals surface area contributed by atoms with Crippen molar-refractivity contribution in [2.24, 2.45) is 0 Å². The van der Waals surface area contributed by atoms with Gasteiger partial charge in [0, 0.05) is 17.8 Å². The van der Waals surface area contributed by atoms with Crippen LogP contribution in [0.3, 0.4) is 0 Å². The first kappa shape index (κ1) is 12.8. The molecule has 0 radical (unpaired) electrons. The van der Waals surface area contributed by atoms with Crippen molar-refractivity contribution in [1.29, 1.82) is 0 Å².